The SMILES string of the molecule is C[C@H](O)COCC(=O)c1ccc2sncc2c1Cc1ccc(I)cc1F. The van der Waals surface area contributed by atoms with Crippen LogP contribution in [0.15, 0.2) is 36.5 Å². The number of carbonyl (C=O) groups is 1. The number of hydrogen-bond acceptors (Lipinski definition) is 5. The fourth-order valence-corrected chi connectivity index (χ4v) is 3.84. The van der Waals surface area contributed by atoms with E-state index in [1.54, 1.807) is 25.3 Å². The molecule has 0 aliphatic heterocycles. The third-order valence-electron chi connectivity index (χ3n) is 3.92. The molecule has 3 aromatic rings. The average molecular weight is 485 g/mol. The van der Waals surface area contributed by atoms with Crippen molar-refractivity contribution in [2.45, 2.75) is 19.4 Å². The summed E-state index contributed by atoms with van der Waals surface area (Å²) >= 11 is 3.40. The first-order valence-electron chi connectivity index (χ1n) is 8.05. The van der Waals surface area contributed by atoms with Crippen molar-refractivity contribution in [2.75, 3.05) is 13.2 Å². The first kappa shape index (κ1) is 19.3. The molecule has 0 bridgehead atoms. The molecule has 0 aliphatic rings. The van der Waals surface area contributed by atoms with Gasteiger partial charge in [-0.2, -0.15) is 4.37 Å². The summed E-state index contributed by atoms with van der Waals surface area (Å²) in [6.07, 6.45) is 1.38. The van der Waals surface area contributed by atoms with Crippen molar-refractivity contribution in [3.63, 3.8) is 0 Å². The van der Waals surface area contributed by atoms with Gasteiger partial charge in [0.2, 0.25) is 0 Å². The molecule has 136 valence electrons. The Morgan fingerprint density at radius 2 is 2.19 bits per heavy atom. The summed E-state index contributed by atoms with van der Waals surface area (Å²) in [5.41, 5.74) is 1.78. The number of rotatable bonds is 7. The Morgan fingerprint density at radius 3 is 2.92 bits per heavy atom. The average Bonchev–Trinajstić information content (AvgIpc) is 3.06. The van der Waals surface area contributed by atoms with Crippen molar-refractivity contribution in [1.29, 1.82) is 0 Å². The molecule has 4 nitrogen and oxygen atoms in total. The molecule has 1 N–H and O–H groups in total. The van der Waals surface area contributed by atoms with Gasteiger partial charge in [-0.05, 0) is 76.4 Å². The Morgan fingerprint density at radius 1 is 1.38 bits per heavy atom. The van der Waals surface area contributed by atoms with E-state index in [9.17, 15) is 14.3 Å². The van der Waals surface area contributed by atoms with Crippen molar-refractivity contribution in [2.24, 2.45) is 0 Å². The van der Waals surface area contributed by atoms with Crippen LogP contribution in [0.1, 0.15) is 28.4 Å². The number of hydrogen-bond donors (Lipinski definition) is 1. The highest BCUT2D eigenvalue weighted by Crippen LogP contribution is 2.29. The molecule has 1 aromatic heterocycles. The Hall–Kier alpha value is -1.42. The molecule has 0 aliphatic carbocycles. The molecule has 3 rings (SSSR count). The van der Waals surface area contributed by atoms with Gasteiger partial charge in [0.1, 0.15) is 12.4 Å². The molecule has 1 heterocycles. The first-order valence-corrected chi connectivity index (χ1v) is 9.90. The molecule has 0 amide bonds. The normalized spacial score (nSPS) is 12.5. The molecule has 0 spiro atoms. The highest BCUT2D eigenvalue weighted by Gasteiger charge is 2.18. The van der Waals surface area contributed by atoms with E-state index in [-0.39, 0.29) is 24.8 Å². The maximum atomic E-state index is 14.3. The van der Waals surface area contributed by atoms with Gasteiger partial charge in [-0.25, -0.2) is 4.39 Å². The molecule has 1 atom stereocenters. The quantitative estimate of drug-likeness (QED) is 0.403. The van der Waals surface area contributed by atoms with Gasteiger partial charge in [0.05, 0.1) is 17.4 Å². The van der Waals surface area contributed by atoms with Gasteiger partial charge in [-0.1, -0.05) is 6.07 Å². The second-order valence-electron chi connectivity index (χ2n) is 6.03. The molecule has 0 saturated heterocycles. The minimum Gasteiger partial charge on any atom is -0.391 e. The molecule has 0 radical (unpaired) electrons. The summed E-state index contributed by atoms with van der Waals surface area (Å²) in [4.78, 5) is 12.6. The molecule has 0 saturated carbocycles. The van der Waals surface area contributed by atoms with Crippen molar-refractivity contribution in [3.8, 4) is 0 Å². The lowest BCUT2D eigenvalue weighted by Gasteiger charge is -2.12. The minimum atomic E-state index is -0.633. The Labute approximate surface area is 168 Å². The number of Topliss-reactive ketones (excluding diaryl/α,β-unsaturated/α-hetero) is 1. The second kappa shape index (κ2) is 8.51. The van der Waals surface area contributed by atoms with Crippen LogP contribution in [0.3, 0.4) is 0 Å². The summed E-state index contributed by atoms with van der Waals surface area (Å²) in [7, 11) is 0. The number of fused-ring (bicyclic) bond motifs is 1. The zero-order valence-electron chi connectivity index (χ0n) is 14.0. The van der Waals surface area contributed by atoms with Gasteiger partial charge >= 0.3 is 0 Å². The number of aliphatic hydroxyl groups is 1. The van der Waals surface area contributed by atoms with Gasteiger partial charge in [0.25, 0.3) is 0 Å². The van der Waals surface area contributed by atoms with E-state index in [2.05, 4.69) is 27.0 Å². The van der Waals surface area contributed by atoms with Gasteiger partial charge in [0.15, 0.2) is 5.78 Å². The second-order valence-corrected chi connectivity index (χ2v) is 8.11. The monoisotopic (exact) mass is 485 g/mol. The summed E-state index contributed by atoms with van der Waals surface area (Å²) in [6, 6.07) is 8.67. The predicted octanol–water partition coefficient (Wildman–Crippen LogP) is 4.21. The summed E-state index contributed by atoms with van der Waals surface area (Å²) in [5.74, 6) is -0.486. The number of aliphatic hydroxyl groups excluding tert-OH is 1. The van der Waals surface area contributed by atoms with Crippen LogP contribution in [0.5, 0.6) is 0 Å². The fraction of sp³-hybridized carbons (Fsp3) is 0.263. The maximum absolute atomic E-state index is 14.3. The lowest BCUT2D eigenvalue weighted by Crippen LogP contribution is -2.17. The standard InChI is InChI=1S/C19H17FINO3S/c1-11(23)9-25-10-18(24)14-4-5-19-16(8-22-26-19)15(14)6-12-2-3-13(21)7-17(12)20/h2-5,7-8,11,23H,6,9-10H2,1H3/t11-/m0/s1. The topological polar surface area (TPSA) is 59.4 Å². The van der Waals surface area contributed by atoms with Gasteiger partial charge in [0, 0.05) is 27.1 Å². The first-order chi connectivity index (χ1) is 12.5. The van der Waals surface area contributed by atoms with Crippen LogP contribution in [0.25, 0.3) is 10.1 Å². The largest absolute Gasteiger partial charge is 0.391 e. The summed E-state index contributed by atoms with van der Waals surface area (Å²) in [5, 5.41) is 10.1. The van der Waals surface area contributed by atoms with E-state index in [0.717, 1.165) is 19.2 Å². The highest BCUT2D eigenvalue weighted by molar-refractivity contribution is 14.1. The number of aromatic nitrogens is 1. The number of benzene rings is 2. The van der Waals surface area contributed by atoms with Crippen LogP contribution in [-0.2, 0) is 11.2 Å². The number of halogens is 2. The lowest BCUT2D eigenvalue weighted by atomic mass is 9.94. The molecule has 26 heavy (non-hydrogen) atoms. The van der Waals surface area contributed by atoms with Crippen LogP contribution in [0, 0.1) is 9.39 Å². The molecule has 7 heteroatoms. The predicted molar refractivity (Wildman–Crippen MR) is 108 cm³/mol. The van der Waals surface area contributed by atoms with Crippen molar-refractivity contribution >= 4 is 50.0 Å². The van der Waals surface area contributed by atoms with Gasteiger partial charge in [-0.3, -0.25) is 4.79 Å². The van der Waals surface area contributed by atoms with Gasteiger partial charge in [-0.15, -0.1) is 0 Å². The van der Waals surface area contributed by atoms with E-state index in [1.165, 1.54) is 17.6 Å². The van der Waals surface area contributed by atoms with Gasteiger partial charge < -0.3 is 9.84 Å². The smallest absolute Gasteiger partial charge is 0.188 e. The fourth-order valence-electron chi connectivity index (χ4n) is 2.71. The van der Waals surface area contributed by atoms with Crippen LogP contribution in [0.2, 0.25) is 0 Å². The summed E-state index contributed by atoms with van der Waals surface area (Å²) in [6.45, 7) is 1.56. The van der Waals surface area contributed by atoms with E-state index >= 15 is 0 Å². The molecule has 0 fully saturated rings. The minimum absolute atomic E-state index is 0.0923. The number of ether oxygens (including phenoxy) is 1. The van der Waals surface area contributed by atoms with Crippen LogP contribution in [0.4, 0.5) is 4.39 Å². The number of carbonyl (C=O) groups excluding carboxylic acids is 1. The number of nitrogens with zero attached hydrogens (tertiary/aromatic N) is 1. The Bertz CT molecular complexity index is 942. The Kier molecular flexibility index (Phi) is 6.33. The zero-order chi connectivity index (χ0) is 18.7. The van der Waals surface area contributed by atoms with Crippen molar-refractivity contribution < 1.29 is 19.0 Å². The van der Waals surface area contributed by atoms with Crippen LogP contribution >= 0.6 is 34.1 Å². The van der Waals surface area contributed by atoms with E-state index in [1.807, 2.05) is 12.1 Å². The maximum Gasteiger partial charge on any atom is 0.188 e. The third-order valence-corrected chi connectivity index (χ3v) is 5.36. The Balaban J connectivity index is 1.96. The highest BCUT2D eigenvalue weighted by atomic mass is 127. The number of ketones is 1. The third kappa shape index (κ3) is 4.46. The van der Waals surface area contributed by atoms with E-state index in [0.29, 0.717) is 17.5 Å². The van der Waals surface area contributed by atoms with Crippen LogP contribution in [-0.4, -0.2) is 34.6 Å². The lowest BCUT2D eigenvalue weighted by molar-refractivity contribution is 0.0424. The van der Waals surface area contributed by atoms with Crippen molar-refractivity contribution in [1.82, 2.24) is 4.37 Å². The zero-order valence-corrected chi connectivity index (χ0v) is 17.0. The summed E-state index contributed by atoms with van der Waals surface area (Å²) < 4.78 is 25.6. The van der Waals surface area contributed by atoms with E-state index < -0.39 is 6.10 Å². The van der Waals surface area contributed by atoms with Crippen molar-refractivity contribution in [3.05, 3.63) is 62.6 Å². The molecular weight excluding hydrogens is 468 g/mol. The molecule has 2 aromatic carbocycles. The van der Waals surface area contributed by atoms with Crippen LogP contribution < -0.4 is 0 Å². The molecule has 0 unspecified atom stereocenters. The van der Waals surface area contributed by atoms with E-state index in [4.69, 9.17) is 4.74 Å². The molecular formula is C19H17FINO3S.